The Kier molecular flexibility index (Phi) is 6.62. The standard InChI is InChI=1S/C24H28ClN3O3/c1-26-11-13-27(14-12-26)21-15-18(17-6-8-20(25)9-7-17)4-5-19(21)16-22-24(30)23(29)3-2-10-28(22)31/h4-9,15-16,23,29,31H,2-3,10-14H2,1H3. The number of Topliss-reactive ketones (excluding diaryl/α,β-unsaturated/α-hetero) is 1. The summed E-state index contributed by atoms with van der Waals surface area (Å²) in [6, 6.07) is 13.8. The SMILES string of the molecule is CN1CCN(c2cc(-c3ccc(Cl)cc3)ccc2C=C2C(=O)C(O)CCCN2O)CC1. The van der Waals surface area contributed by atoms with E-state index in [4.69, 9.17) is 11.6 Å². The molecular formula is C24H28ClN3O3. The molecule has 2 aromatic carbocycles. The van der Waals surface area contributed by atoms with Gasteiger partial charge in [0.1, 0.15) is 11.8 Å². The predicted molar refractivity (Wildman–Crippen MR) is 123 cm³/mol. The lowest BCUT2D eigenvalue weighted by atomic mass is 9.99. The molecule has 2 heterocycles. The Balaban J connectivity index is 1.77. The molecule has 164 valence electrons. The van der Waals surface area contributed by atoms with Crippen molar-refractivity contribution in [2.24, 2.45) is 0 Å². The predicted octanol–water partition coefficient (Wildman–Crippen LogP) is 3.51. The molecule has 0 bridgehead atoms. The van der Waals surface area contributed by atoms with Crippen LogP contribution in [0, 0.1) is 0 Å². The number of ketones is 1. The molecule has 2 aliphatic rings. The molecule has 0 saturated carbocycles. The number of aliphatic hydroxyl groups is 1. The number of benzene rings is 2. The number of hydrogen-bond acceptors (Lipinski definition) is 6. The molecule has 31 heavy (non-hydrogen) atoms. The maximum atomic E-state index is 12.7. The van der Waals surface area contributed by atoms with Gasteiger partial charge in [-0.1, -0.05) is 35.9 Å². The van der Waals surface area contributed by atoms with Crippen LogP contribution in [0.15, 0.2) is 48.2 Å². The number of nitrogens with zero attached hydrogens (tertiary/aromatic N) is 3. The summed E-state index contributed by atoms with van der Waals surface area (Å²) in [6.07, 6.45) is 1.54. The summed E-state index contributed by atoms with van der Waals surface area (Å²) < 4.78 is 0. The highest BCUT2D eigenvalue weighted by Gasteiger charge is 2.28. The Morgan fingerprint density at radius 3 is 2.39 bits per heavy atom. The zero-order valence-corrected chi connectivity index (χ0v) is 18.4. The third-order valence-corrected chi connectivity index (χ3v) is 6.28. The largest absolute Gasteiger partial charge is 0.385 e. The van der Waals surface area contributed by atoms with Crippen molar-refractivity contribution < 1.29 is 15.1 Å². The van der Waals surface area contributed by atoms with Crippen molar-refractivity contribution in [2.75, 3.05) is 44.7 Å². The number of anilines is 1. The normalized spacial score (nSPS) is 22.1. The molecule has 2 N–H and O–H groups in total. The molecular weight excluding hydrogens is 414 g/mol. The maximum Gasteiger partial charge on any atom is 0.209 e. The van der Waals surface area contributed by atoms with Crippen LogP contribution in [0.3, 0.4) is 0 Å². The Hall–Kier alpha value is -2.38. The van der Waals surface area contributed by atoms with E-state index in [1.54, 1.807) is 6.08 Å². The molecule has 2 aliphatic heterocycles. The number of hydrogen-bond donors (Lipinski definition) is 2. The first kappa shape index (κ1) is 21.8. The van der Waals surface area contributed by atoms with E-state index in [1.165, 1.54) is 0 Å². The fourth-order valence-electron chi connectivity index (χ4n) is 4.09. The smallest absolute Gasteiger partial charge is 0.209 e. The molecule has 1 unspecified atom stereocenters. The second-order valence-electron chi connectivity index (χ2n) is 8.25. The van der Waals surface area contributed by atoms with Crippen molar-refractivity contribution >= 4 is 29.1 Å². The van der Waals surface area contributed by atoms with Gasteiger partial charge in [0.2, 0.25) is 5.78 Å². The summed E-state index contributed by atoms with van der Waals surface area (Å²) in [5, 5.41) is 22.2. The second-order valence-corrected chi connectivity index (χ2v) is 8.68. The number of rotatable bonds is 3. The number of hydroxylamine groups is 2. The maximum absolute atomic E-state index is 12.7. The van der Waals surface area contributed by atoms with Gasteiger partial charge in [-0.05, 0) is 55.3 Å². The molecule has 0 radical (unpaired) electrons. The molecule has 2 fully saturated rings. The Labute approximate surface area is 187 Å². The van der Waals surface area contributed by atoms with E-state index in [2.05, 4.69) is 22.9 Å². The van der Waals surface area contributed by atoms with Crippen molar-refractivity contribution in [3.63, 3.8) is 0 Å². The lowest BCUT2D eigenvalue weighted by molar-refractivity contribution is -0.129. The molecule has 0 amide bonds. The van der Waals surface area contributed by atoms with Gasteiger partial charge in [-0.15, -0.1) is 0 Å². The Morgan fingerprint density at radius 1 is 1.00 bits per heavy atom. The second kappa shape index (κ2) is 9.40. The van der Waals surface area contributed by atoms with Crippen molar-refractivity contribution in [3.8, 4) is 11.1 Å². The zero-order valence-electron chi connectivity index (χ0n) is 17.7. The van der Waals surface area contributed by atoms with Gasteiger partial charge in [-0.2, -0.15) is 0 Å². The van der Waals surface area contributed by atoms with Crippen molar-refractivity contribution in [1.29, 1.82) is 0 Å². The van der Waals surface area contributed by atoms with E-state index >= 15 is 0 Å². The van der Waals surface area contributed by atoms with Crippen molar-refractivity contribution in [1.82, 2.24) is 9.96 Å². The number of aliphatic hydroxyl groups excluding tert-OH is 1. The summed E-state index contributed by atoms with van der Waals surface area (Å²) in [6.45, 7) is 3.96. The first-order valence-corrected chi connectivity index (χ1v) is 11.0. The highest BCUT2D eigenvalue weighted by molar-refractivity contribution is 6.30. The summed E-state index contributed by atoms with van der Waals surface area (Å²) in [7, 11) is 2.11. The van der Waals surface area contributed by atoms with E-state index in [0.29, 0.717) is 24.4 Å². The number of carbonyl (C=O) groups excluding carboxylic acids is 1. The van der Waals surface area contributed by atoms with Crippen LogP contribution in [0.25, 0.3) is 17.2 Å². The molecule has 0 aromatic heterocycles. The number of likely N-dealkylation sites (N-methyl/N-ethyl adjacent to an activating group) is 1. The van der Waals surface area contributed by atoms with Gasteiger partial charge in [0.05, 0.1) is 0 Å². The molecule has 6 nitrogen and oxygen atoms in total. The van der Waals surface area contributed by atoms with E-state index in [0.717, 1.165) is 53.6 Å². The lowest BCUT2D eigenvalue weighted by Crippen LogP contribution is -2.44. The minimum atomic E-state index is -1.08. The highest BCUT2D eigenvalue weighted by Crippen LogP contribution is 2.32. The van der Waals surface area contributed by atoms with Crippen LogP contribution in [0.2, 0.25) is 5.02 Å². The average molecular weight is 442 g/mol. The van der Waals surface area contributed by atoms with Gasteiger partial charge < -0.3 is 14.9 Å². The van der Waals surface area contributed by atoms with Gasteiger partial charge in [0, 0.05) is 49.0 Å². The topological polar surface area (TPSA) is 67.2 Å². The fourth-order valence-corrected chi connectivity index (χ4v) is 4.21. The Morgan fingerprint density at radius 2 is 1.68 bits per heavy atom. The summed E-state index contributed by atoms with van der Waals surface area (Å²) in [5.41, 5.74) is 4.11. The molecule has 2 aromatic rings. The highest BCUT2D eigenvalue weighted by atomic mass is 35.5. The summed E-state index contributed by atoms with van der Waals surface area (Å²) >= 11 is 6.05. The van der Waals surface area contributed by atoms with Crippen LogP contribution in [0.1, 0.15) is 18.4 Å². The molecule has 1 atom stereocenters. The average Bonchev–Trinajstić information content (AvgIpc) is 2.88. The van der Waals surface area contributed by atoms with Gasteiger partial charge in [-0.3, -0.25) is 15.1 Å². The molecule has 0 aliphatic carbocycles. The van der Waals surface area contributed by atoms with E-state index in [1.807, 2.05) is 36.4 Å². The van der Waals surface area contributed by atoms with Crippen LogP contribution < -0.4 is 4.90 Å². The first-order valence-electron chi connectivity index (χ1n) is 10.7. The van der Waals surface area contributed by atoms with Crippen molar-refractivity contribution in [3.05, 3.63) is 58.7 Å². The van der Waals surface area contributed by atoms with Crippen LogP contribution >= 0.6 is 11.6 Å². The van der Waals surface area contributed by atoms with Gasteiger partial charge in [-0.25, -0.2) is 0 Å². The van der Waals surface area contributed by atoms with Gasteiger partial charge in [0.15, 0.2) is 0 Å². The zero-order chi connectivity index (χ0) is 22.0. The molecule has 4 rings (SSSR count). The summed E-state index contributed by atoms with van der Waals surface area (Å²) in [4.78, 5) is 17.3. The monoisotopic (exact) mass is 441 g/mol. The number of halogens is 1. The van der Waals surface area contributed by atoms with Crippen LogP contribution in [-0.2, 0) is 4.79 Å². The van der Waals surface area contributed by atoms with Crippen LogP contribution in [0.4, 0.5) is 5.69 Å². The van der Waals surface area contributed by atoms with E-state index in [-0.39, 0.29) is 5.70 Å². The van der Waals surface area contributed by atoms with E-state index < -0.39 is 11.9 Å². The Bertz CT molecular complexity index is 969. The number of carbonyl (C=O) groups is 1. The molecule has 2 saturated heterocycles. The van der Waals surface area contributed by atoms with Crippen LogP contribution in [0.5, 0.6) is 0 Å². The quantitative estimate of drug-likeness (QED) is 0.710. The molecule has 7 heteroatoms. The third-order valence-electron chi connectivity index (χ3n) is 6.02. The molecule has 0 spiro atoms. The third kappa shape index (κ3) is 4.93. The lowest BCUT2D eigenvalue weighted by Gasteiger charge is -2.35. The number of piperazine rings is 1. The summed E-state index contributed by atoms with van der Waals surface area (Å²) in [5.74, 6) is -0.439. The van der Waals surface area contributed by atoms with Crippen molar-refractivity contribution in [2.45, 2.75) is 18.9 Å². The fraction of sp³-hybridized carbons (Fsp3) is 0.375. The minimum absolute atomic E-state index is 0.139. The van der Waals surface area contributed by atoms with Crippen LogP contribution in [-0.4, -0.2) is 71.9 Å². The first-order chi connectivity index (χ1) is 14.9. The van der Waals surface area contributed by atoms with E-state index in [9.17, 15) is 15.1 Å². The van der Waals surface area contributed by atoms with Gasteiger partial charge >= 0.3 is 0 Å². The van der Waals surface area contributed by atoms with Gasteiger partial charge in [0.25, 0.3) is 0 Å². The minimum Gasteiger partial charge on any atom is -0.385 e.